The molecule has 0 aliphatic carbocycles. The van der Waals surface area contributed by atoms with E-state index in [1.165, 1.54) is 13.2 Å². The Balaban J connectivity index is 2.34. The predicted molar refractivity (Wildman–Crippen MR) is 72.5 cm³/mol. The van der Waals surface area contributed by atoms with Crippen LogP contribution in [-0.2, 0) is 4.79 Å². The van der Waals surface area contributed by atoms with Crippen LogP contribution in [0.25, 0.3) is 10.9 Å². The molecule has 0 aliphatic rings. The number of pyridine rings is 1. The number of nitrogens with zero attached hydrogens (tertiary/aromatic N) is 2. The van der Waals surface area contributed by atoms with Gasteiger partial charge in [-0.15, -0.1) is 0 Å². The molecule has 19 heavy (non-hydrogen) atoms. The molecule has 0 unspecified atom stereocenters. The van der Waals surface area contributed by atoms with Crippen molar-refractivity contribution in [2.45, 2.75) is 13.0 Å². The van der Waals surface area contributed by atoms with Crippen LogP contribution in [0.3, 0.4) is 0 Å². The van der Waals surface area contributed by atoms with E-state index >= 15 is 0 Å². The van der Waals surface area contributed by atoms with E-state index in [2.05, 4.69) is 4.98 Å². The molecule has 0 aliphatic heterocycles. The number of aromatic nitrogens is 1. The third kappa shape index (κ3) is 2.61. The Morgan fingerprint density at radius 1 is 1.32 bits per heavy atom. The Kier molecular flexibility index (Phi) is 3.57. The number of benzene rings is 1. The number of amides is 2. The molecule has 5 heteroatoms. The summed E-state index contributed by atoms with van der Waals surface area (Å²) >= 11 is 0. The van der Waals surface area contributed by atoms with Gasteiger partial charge >= 0.3 is 0 Å². The van der Waals surface area contributed by atoms with Gasteiger partial charge in [0.25, 0.3) is 5.91 Å². The summed E-state index contributed by atoms with van der Waals surface area (Å²) in [5.74, 6) is -0.821. The Bertz CT molecular complexity index is 637. The maximum Gasteiger partial charge on any atom is 0.261 e. The maximum atomic E-state index is 12.1. The fourth-order valence-electron chi connectivity index (χ4n) is 1.79. The average Bonchev–Trinajstić information content (AvgIpc) is 2.44. The van der Waals surface area contributed by atoms with Crippen molar-refractivity contribution in [3.63, 3.8) is 0 Å². The van der Waals surface area contributed by atoms with Crippen LogP contribution in [0.1, 0.15) is 17.3 Å². The van der Waals surface area contributed by atoms with Crippen LogP contribution < -0.4 is 5.73 Å². The number of nitrogens with two attached hydrogens (primary N) is 1. The largest absolute Gasteiger partial charge is 0.320 e. The van der Waals surface area contributed by atoms with Crippen molar-refractivity contribution in [2.75, 3.05) is 7.05 Å². The van der Waals surface area contributed by atoms with Gasteiger partial charge in [0.15, 0.2) is 0 Å². The van der Waals surface area contributed by atoms with Gasteiger partial charge < -0.3 is 5.73 Å². The van der Waals surface area contributed by atoms with E-state index in [1.54, 1.807) is 13.0 Å². The zero-order valence-electron chi connectivity index (χ0n) is 10.8. The fraction of sp³-hybridized carbons (Fsp3) is 0.214. The van der Waals surface area contributed by atoms with Crippen molar-refractivity contribution in [2.24, 2.45) is 5.73 Å². The molecule has 1 aromatic heterocycles. The van der Waals surface area contributed by atoms with Gasteiger partial charge in [-0.2, -0.15) is 0 Å². The lowest BCUT2D eigenvalue weighted by molar-refractivity contribution is -0.128. The van der Waals surface area contributed by atoms with Gasteiger partial charge in [-0.3, -0.25) is 19.5 Å². The molecule has 2 amide bonds. The topological polar surface area (TPSA) is 76.3 Å². The molecule has 0 bridgehead atoms. The van der Waals surface area contributed by atoms with Crippen molar-refractivity contribution >= 4 is 22.7 Å². The Labute approximate surface area is 111 Å². The quantitative estimate of drug-likeness (QED) is 0.876. The standard InChI is InChI=1S/C14H15N3O2/c1-9(15)13(18)17(2)14(19)11-7-10-5-3-4-6-12(10)16-8-11/h3-9H,15H2,1-2H3/t9-/m0/s1. The number of likely N-dealkylation sites (N-methyl/N-ethyl adjacent to an activating group) is 1. The molecule has 0 fully saturated rings. The second kappa shape index (κ2) is 5.16. The summed E-state index contributed by atoms with van der Waals surface area (Å²) < 4.78 is 0. The summed E-state index contributed by atoms with van der Waals surface area (Å²) in [6.45, 7) is 1.55. The van der Waals surface area contributed by atoms with E-state index in [0.717, 1.165) is 15.8 Å². The Morgan fingerprint density at radius 3 is 2.68 bits per heavy atom. The molecule has 0 radical (unpaired) electrons. The van der Waals surface area contributed by atoms with Crippen LogP contribution >= 0.6 is 0 Å². The smallest absolute Gasteiger partial charge is 0.261 e. The highest BCUT2D eigenvalue weighted by molar-refractivity contribution is 6.06. The number of para-hydroxylation sites is 1. The van der Waals surface area contributed by atoms with E-state index in [1.807, 2.05) is 24.3 Å². The van der Waals surface area contributed by atoms with Gasteiger partial charge in [0.1, 0.15) is 0 Å². The summed E-state index contributed by atoms with van der Waals surface area (Å²) in [4.78, 5) is 29.0. The molecular formula is C14H15N3O2. The first-order chi connectivity index (χ1) is 9.00. The van der Waals surface area contributed by atoms with Crippen molar-refractivity contribution in [1.82, 2.24) is 9.88 Å². The minimum atomic E-state index is -0.706. The van der Waals surface area contributed by atoms with E-state index < -0.39 is 17.9 Å². The van der Waals surface area contributed by atoms with E-state index in [9.17, 15) is 9.59 Å². The number of carbonyl (C=O) groups excluding carboxylic acids is 2. The number of rotatable bonds is 2. The number of imide groups is 1. The molecule has 1 aromatic carbocycles. The van der Waals surface area contributed by atoms with Crippen LogP contribution in [0.2, 0.25) is 0 Å². The molecule has 5 nitrogen and oxygen atoms in total. The molecular weight excluding hydrogens is 242 g/mol. The lowest BCUT2D eigenvalue weighted by Crippen LogP contribution is -2.43. The second-order valence-electron chi connectivity index (χ2n) is 4.41. The van der Waals surface area contributed by atoms with Crippen molar-refractivity contribution in [1.29, 1.82) is 0 Å². The van der Waals surface area contributed by atoms with Gasteiger partial charge in [0.2, 0.25) is 5.91 Å². The molecule has 98 valence electrons. The van der Waals surface area contributed by atoms with Gasteiger partial charge in [-0.25, -0.2) is 0 Å². The summed E-state index contributed by atoms with van der Waals surface area (Å²) in [6.07, 6.45) is 1.47. The zero-order chi connectivity index (χ0) is 14.0. The van der Waals surface area contributed by atoms with Crippen LogP contribution in [0.4, 0.5) is 0 Å². The highest BCUT2D eigenvalue weighted by Crippen LogP contribution is 2.14. The maximum absolute atomic E-state index is 12.1. The molecule has 2 N–H and O–H groups in total. The predicted octanol–water partition coefficient (Wildman–Crippen LogP) is 1.18. The normalized spacial score (nSPS) is 12.2. The molecule has 0 saturated heterocycles. The van der Waals surface area contributed by atoms with Gasteiger partial charge in [-0.05, 0) is 19.1 Å². The molecule has 0 saturated carbocycles. The fourth-order valence-corrected chi connectivity index (χ4v) is 1.79. The Morgan fingerprint density at radius 2 is 2.00 bits per heavy atom. The SMILES string of the molecule is C[C@H](N)C(=O)N(C)C(=O)c1cnc2ccccc2c1. The van der Waals surface area contributed by atoms with Crippen molar-refractivity contribution in [3.8, 4) is 0 Å². The highest BCUT2D eigenvalue weighted by Gasteiger charge is 2.21. The first kappa shape index (κ1) is 13.2. The Hall–Kier alpha value is -2.27. The lowest BCUT2D eigenvalue weighted by atomic mass is 10.1. The second-order valence-corrected chi connectivity index (χ2v) is 4.41. The van der Waals surface area contributed by atoms with Crippen molar-refractivity contribution in [3.05, 3.63) is 42.1 Å². The number of hydrogen-bond acceptors (Lipinski definition) is 4. The van der Waals surface area contributed by atoms with E-state index in [0.29, 0.717) is 5.56 Å². The average molecular weight is 257 g/mol. The summed E-state index contributed by atoms with van der Waals surface area (Å²) in [5, 5.41) is 0.856. The van der Waals surface area contributed by atoms with Crippen LogP contribution in [-0.4, -0.2) is 34.8 Å². The molecule has 2 rings (SSSR count). The number of hydrogen-bond donors (Lipinski definition) is 1. The van der Waals surface area contributed by atoms with Crippen LogP contribution in [0.15, 0.2) is 36.5 Å². The number of carbonyl (C=O) groups is 2. The van der Waals surface area contributed by atoms with Gasteiger partial charge in [0, 0.05) is 18.6 Å². The molecule has 1 atom stereocenters. The minimum absolute atomic E-state index is 0.371. The summed E-state index contributed by atoms with van der Waals surface area (Å²) in [7, 11) is 1.42. The first-order valence-corrected chi connectivity index (χ1v) is 5.93. The summed E-state index contributed by atoms with van der Waals surface area (Å²) in [6, 6.07) is 8.49. The first-order valence-electron chi connectivity index (χ1n) is 5.93. The summed E-state index contributed by atoms with van der Waals surface area (Å²) in [5.41, 5.74) is 6.66. The van der Waals surface area contributed by atoms with Gasteiger partial charge in [-0.1, -0.05) is 18.2 Å². The monoisotopic (exact) mass is 257 g/mol. The minimum Gasteiger partial charge on any atom is -0.320 e. The molecule has 0 spiro atoms. The third-order valence-corrected chi connectivity index (χ3v) is 2.86. The zero-order valence-corrected chi connectivity index (χ0v) is 10.8. The number of fused-ring (bicyclic) bond motifs is 1. The van der Waals surface area contributed by atoms with Crippen molar-refractivity contribution < 1.29 is 9.59 Å². The van der Waals surface area contributed by atoms with Gasteiger partial charge in [0.05, 0.1) is 17.1 Å². The lowest BCUT2D eigenvalue weighted by Gasteiger charge is -2.17. The molecule has 2 aromatic rings. The van der Waals surface area contributed by atoms with Crippen LogP contribution in [0, 0.1) is 0 Å². The highest BCUT2D eigenvalue weighted by atomic mass is 16.2. The third-order valence-electron chi connectivity index (χ3n) is 2.86. The van der Waals surface area contributed by atoms with E-state index in [4.69, 9.17) is 5.73 Å². The van der Waals surface area contributed by atoms with E-state index in [-0.39, 0.29) is 0 Å². The molecule has 1 heterocycles. The van der Waals surface area contributed by atoms with Crippen LogP contribution in [0.5, 0.6) is 0 Å².